The maximum Gasteiger partial charge on any atom is 0.332 e. The molecule has 0 aliphatic carbocycles. The molecular formula is C34H30N2O5S. The van der Waals surface area contributed by atoms with Crippen molar-refractivity contribution >= 4 is 40.7 Å². The van der Waals surface area contributed by atoms with Crippen LogP contribution in [0.25, 0.3) is 0 Å². The molecule has 0 amide bonds. The van der Waals surface area contributed by atoms with E-state index in [1.165, 1.54) is 18.7 Å². The highest BCUT2D eigenvalue weighted by molar-refractivity contribution is 7.99. The van der Waals surface area contributed by atoms with Gasteiger partial charge < -0.3 is 14.5 Å². The van der Waals surface area contributed by atoms with Crippen molar-refractivity contribution in [2.75, 3.05) is 31.2 Å². The minimum absolute atomic E-state index is 0.0252. The maximum absolute atomic E-state index is 13.3. The number of carbonyl (C=O) groups is 3. The van der Waals surface area contributed by atoms with Crippen LogP contribution < -0.4 is 4.90 Å². The number of oxime groups is 1. The number of ether oxygens (including phenoxy) is 1. The number of anilines is 1. The van der Waals surface area contributed by atoms with Gasteiger partial charge in [-0.2, -0.15) is 0 Å². The van der Waals surface area contributed by atoms with Gasteiger partial charge in [0, 0.05) is 57.7 Å². The summed E-state index contributed by atoms with van der Waals surface area (Å²) in [5.74, 6) is -0.971. The van der Waals surface area contributed by atoms with E-state index in [4.69, 9.17) is 9.57 Å². The summed E-state index contributed by atoms with van der Waals surface area (Å²) in [5.41, 5.74) is 4.30. The molecule has 212 valence electrons. The second kappa shape index (κ2) is 13.4. The van der Waals surface area contributed by atoms with Gasteiger partial charge in [-0.15, -0.1) is 0 Å². The van der Waals surface area contributed by atoms with Crippen LogP contribution in [0.5, 0.6) is 0 Å². The number of hydrogen-bond acceptors (Lipinski definition) is 8. The minimum Gasteiger partial charge on any atom is -0.378 e. The third-order valence-corrected chi connectivity index (χ3v) is 7.87. The van der Waals surface area contributed by atoms with Gasteiger partial charge >= 0.3 is 5.97 Å². The molecule has 1 heterocycles. The van der Waals surface area contributed by atoms with Crippen LogP contribution in [0.1, 0.15) is 44.3 Å². The van der Waals surface area contributed by atoms with E-state index in [-0.39, 0.29) is 17.3 Å². The Morgan fingerprint density at radius 1 is 0.762 bits per heavy atom. The second-order valence-electron chi connectivity index (χ2n) is 9.79. The number of benzene rings is 4. The Bertz CT molecular complexity index is 1610. The molecule has 5 rings (SSSR count). The number of ketones is 2. The molecular weight excluding hydrogens is 548 g/mol. The number of aryl methyl sites for hydroxylation is 1. The van der Waals surface area contributed by atoms with Crippen molar-refractivity contribution in [1.82, 2.24) is 0 Å². The molecule has 8 heteroatoms. The van der Waals surface area contributed by atoms with Crippen molar-refractivity contribution in [3.63, 3.8) is 0 Å². The van der Waals surface area contributed by atoms with Gasteiger partial charge in [-0.05, 0) is 85.3 Å². The number of carbonyl (C=O) groups excluding carboxylic acids is 3. The van der Waals surface area contributed by atoms with E-state index >= 15 is 0 Å². The molecule has 0 aromatic heterocycles. The molecule has 0 atom stereocenters. The Morgan fingerprint density at radius 2 is 1.31 bits per heavy atom. The van der Waals surface area contributed by atoms with E-state index in [1.54, 1.807) is 24.3 Å². The van der Waals surface area contributed by atoms with E-state index in [0.717, 1.165) is 34.1 Å². The Balaban J connectivity index is 1.24. The molecule has 0 saturated carbocycles. The lowest BCUT2D eigenvalue weighted by molar-refractivity contribution is -0.140. The van der Waals surface area contributed by atoms with Gasteiger partial charge in [0.05, 0.1) is 13.2 Å². The third kappa shape index (κ3) is 7.02. The lowest BCUT2D eigenvalue weighted by atomic mass is 9.97. The van der Waals surface area contributed by atoms with Gasteiger partial charge in [0.25, 0.3) is 0 Å². The highest BCUT2D eigenvalue weighted by atomic mass is 32.2. The van der Waals surface area contributed by atoms with Crippen molar-refractivity contribution in [2.45, 2.75) is 23.6 Å². The van der Waals surface area contributed by atoms with Gasteiger partial charge in [0.2, 0.25) is 5.78 Å². The predicted octanol–water partition coefficient (Wildman–Crippen LogP) is 6.36. The van der Waals surface area contributed by atoms with E-state index in [1.807, 2.05) is 79.7 Å². The highest BCUT2D eigenvalue weighted by Gasteiger charge is 2.20. The summed E-state index contributed by atoms with van der Waals surface area (Å²) < 4.78 is 5.42. The quantitative estimate of drug-likeness (QED) is 0.0988. The average molecular weight is 579 g/mol. The van der Waals surface area contributed by atoms with Gasteiger partial charge in [-0.25, -0.2) is 4.79 Å². The summed E-state index contributed by atoms with van der Waals surface area (Å²) in [6, 6.07) is 29.7. The van der Waals surface area contributed by atoms with Crippen LogP contribution in [-0.2, 0) is 14.4 Å². The Morgan fingerprint density at radius 3 is 1.88 bits per heavy atom. The van der Waals surface area contributed by atoms with Crippen molar-refractivity contribution < 1.29 is 24.0 Å². The number of morpholine rings is 1. The summed E-state index contributed by atoms with van der Waals surface area (Å²) >= 11 is 1.53. The Kier molecular flexibility index (Phi) is 9.26. The first-order valence-electron chi connectivity index (χ1n) is 13.6. The monoisotopic (exact) mass is 578 g/mol. The molecule has 0 bridgehead atoms. The van der Waals surface area contributed by atoms with E-state index < -0.39 is 5.97 Å². The molecule has 4 aromatic rings. The van der Waals surface area contributed by atoms with Crippen molar-refractivity contribution in [3.05, 3.63) is 125 Å². The second-order valence-corrected chi connectivity index (χ2v) is 10.9. The molecule has 1 fully saturated rings. The SMILES string of the molecule is CC(=O)O/N=C(/C(=O)c1ccc(Sc2ccc(C(=O)c3ccc(N4CCOCC4)cc3)cc2)cc1)c1ccccc1C. The molecule has 1 aliphatic rings. The van der Waals surface area contributed by atoms with Crippen LogP contribution >= 0.6 is 11.8 Å². The standard InChI is InChI=1S/C34H30N2O5S/c1-23-5-3-4-6-31(23)32(35-41-24(2)37)34(39)27-11-17-30(18-12-27)42-29-15-9-26(10-16-29)33(38)25-7-13-28(14-8-25)36-19-21-40-22-20-36/h3-18H,19-22H2,1-2H3/b35-32+. The molecule has 1 saturated heterocycles. The first-order valence-corrected chi connectivity index (χ1v) is 14.4. The molecule has 1 aliphatic heterocycles. The number of rotatable bonds is 9. The zero-order chi connectivity index (χ0) is 29.5. The van der Waals surface area contributed by atoms with Gasteiger partial charge in [-0.3, -0.25) is 9.59 Å². The zero-order valence-electron chi connectivity index (χ0n) is 23.4. The average Bonchev–Trinajstić information content (AvgIpc) is 3.02. The Labute approximate surface area is 249 Å². The summed E-state index contributed by atoms with van der Waals surface area (Å²) in [6.45, 7) is 6.24. The molecule has 0 spiro atoms. The lowest BCUT2D eigenvalue weighted by Gasteiger charge is -2.28. The predicted molar refractivity (Wildman–Crippen MR) is 164 cm³/mol. The van der Waals surface area contributed by atoms with Crippen LogP contribution in [0.4, 0.5) is 5.69 Å². The van der Waals surface area contributed by atoms with Crippen LogP contribution in [0, 0.1) is 6.92 Å². The largest absolute Gasteiger partial charge is 0.378 e. The lowest BCUT2D eigenvalue weighted by Crippen LogP contribution is -2.36. The first-order chi connectivity index (χ1) is 20.4. The molecule has 0 radical (unpaired) electrons. The molecule has 0 unspecified atom stereocenters. The van der Waals surface area contributed by atoms with Crippen molar-refractivity contribution in [3.8, 4) is 0 Å². The smallest absolute Gasteiger partial charge is 0.332 e. The van der Waals surface area contributed by atoms with Crippen LogP contribution in [0.2, 0.25) is 0 Å². The van der Waals surface area contributed by atoms with Gasteiger partial charge in [0.1, 0.15) is 0 Å². The summed E-state index contributed by atoms with van der Waals surface area (Å²) in [4.78, 5) is 46.7. The number of hydrogen-bond donors (Lipinski definition) is 0. The third-order valence-electron chi connectivity index (χ3n) is 6.86. The van der Waals surface area contributed by atoms with Gasteiger partial charge in [-0.1, -0.05) is 41.2 Å². The maximum atomic E-state index is 13.3. The van der Waals surface area contributed by atoms with Crippen molar-refractivity contribution in [2.24, 2.45) is 5.16 Å². The number of Topliss-reactive ketones (excluding diaryl/α,β-unsaturated/α-hetero) is 1. The van der Waals surface area contributed by atoms with E-state index in [0.29, 0.717) is 35.5 Å². The van der Waals surface area contributed by atoms with E-state index in [9.17, 15) is 14.4 Å². The van der Waals surface area contributed by atoms with Gasteiger partial charge in [0.15, 0.2) is 11.5 Å². The topological polar surface area (TPSA) is 85.3 Å². The summed E-state index contributed by atoms with van der Waals surface area (Å²) in [5, 5.41) is 3.87. The van der Waals surface area contributed by atoms with E-state index in [2.05, 4.69) is 10.1 Å². The van der Waals surface area contributed by atoms with Crippen LogP contribution in [0.15, 0.2) is 112 Å². The fourth-order valence-electron chi connectivity index (χ4n) is 4.59. The molecule has 4 aromatic carbocycles. The fraction of sp³-hybridized carbons (Fsp3) is 0.176. The fourth-order valence-corrected chi connectivity index (χ4v) is 5.41. The minimum atomic E-state index is -0.602. The molecule has 42 heavy (non-hydrogen) atoms. The molecule has 7 nitrogen and oxygen atoms in total. The van der Waals surface area contributed by atoms with Crippen LogP contribution in [-0.4, -0.2) is 49.6 Å². The summed E-state index contributed by atoms with van der Waals surface area (Å²) in [6.07, 6.45) is 0. The van der Waals surface area contributed by atoms with Crippen LogP contribution in [0.3, 0.4) is 0 Å². The zero-order valence-corrected chi connectivity index (χ0v) is 24.2. The normalized spacial score (nSPS) is 13.5. The number of nitrogens with zero attached hydrogens (tertiary/aromatic N) is 2. The first kappa shape index (κ1) is 29.0. The Hall–Kier alpha value is -4.53. The van der Waals surface area contributed by atoms with Crippen molar-refractivity contribution in [1.29, 1.82) is 0 Å². The highest BCUT2D eigenvalue weighted by Crippen LogP contribution is 2.29. The molecule has 0 N–H and O–H groups in total. The summed E-state index contributed by atoms with van der Waals surface area (Å²) in [7, 11) is 0.